The molecule has 19 heavy (non-hydrogen) atoms. The van der Waals surface area contributed by atoms with Crippen molar-refractivity contribution in [2.24, 2.45) is 0 Å². The largest absolute Gasteiger partial charge is 0.219 e. The van der Waals surface area contributed by atoms with Gasteiger partial charge in [0.25, 0.3) is 0 Å². The van der Waals surface area contributed by atoms with Crippen molar-refractivity contribution >= 4 is 22.7 Å². The summed E-state index contributed by atoms with van der Waals surface area (Å²) in [6, 6.07) is 5.04. The van der Waals surface area contributed by atoms with Crippen LogP contribution >= 0.6 is 22.7 Å². The normalized spacial score (nSPS) is 14.2. The van der Waals surface area contributed by atoms with E-state index in [1.54, 1.807) is 22.7 Å². The van der Waals surface area contributed by atoms with Gasteiger partial charge < -0.3 is 0 Å². The van der Waals surface area contributed by atoms with Crippen molar-refractivity contribution in [1.29, 1.82) is 0 Å². The summed E-state index contributed by atoms with van der Waals surface area (Å²) < 4.78 is 17.2. The Hall–Kier alpha value is -0.730. The van der Waals surface area contributed by atoms with E-state index in [2.05, 4.69) is 41.5 Å². The quantitative estimate of drug-likeness (QED) is 0.537. The van der Waals surface area contributed by atoms with Gasteiger partial charge in [0.05, 0.1) is 2.74 Å². The van der Waals surface area contributed by atoms with Gasteiger partial charge in [-0.1, -0.05) is 47.6 Å². The highest BCUT2D eigenvalue weighted by atomic mass is 32.1. The second kappa shape index (κ2) is 4.99. The van der Waals surface area contributed by atoms with E-state index in [1.807, 2.05) is 17.5 Å². The molecule has 0 spiro atoms. The SMILES string of the molecule is [2H]c1c(C(C)(C)C)[s+]c(C(C)(C)C)c([2H])c1-c1cccs1. The van der Waals surface area contributed by atoms with Crippen molar-refractivity contribution in [2.45, 2.75) is 52.4 Å². The van der Waals surface area contributed by atoms with Gasteiger partial charge >= 0.3 is 0 Å². The summed E-state index contributed by atoms with van der Waals surface area (Å²) in [7, 11) is 0. The second-order valence-electron chi connectivity index (χ2n) is 6.86. The summed E-state index contributed by atoms with van der Waals surface area (Å²) in [6.45, 7) is 12.9. The molecule has 0 saturated carbocycles. The maximum absolute atomic E-state index is 8.62. The van der Waals surface area contributed by atoms with Gasteiger partial charge in [-0.2, -0.15) is 0 Å². The van der Waals surface area contributed by atoms with Crippen LogP contribution in [0.2, 0.25) is 0 Å². The predicted molar refractivity (Wildman–Crippen MR) is 89.4 cm³/mol. The fourth-order valence-electron chi connectivity index (χ4n) is 1.64. The van der Waals surface area contributed by atoms with Crippen molar-refractivity contribution in [2.75, 3.05) is 0 Å². The Morgan fingerprint density at radius 1 is 1.00 bits per heavy atom. The molecule has 2 rings (SSSR count). The van der Waals surface area contributed by atoms with Gasteiger partial charge in [0.1, 0.15) is 0 Å². The minimum atomic E-state index is -0.0819. The van der Waals surface area contributed by atoms with Gasteiger partial charge in [0, 0.05) is 33.4 Å². The summed E-state index contributed by atoms with van der Waals surface area (Å²) in [4.78, 5) is 3.15. The zero-order valence-electron chi connectivity index (χ0n) is 14.5. The standard InChI is InChI=1S/C17H23S2/c1-16(2,3)14-10-12(13-8-7-9-18-13)11-15(19-14)17(4,5)6/h7-11H,1-6H3/q+1/i10D,11D. The van der Waals surface area contributed by atoms with Crippen molar-refractivity contribution in [3.05, 3.63) is 39.4 Å². The molecule has 0 N–H and O–H groups in total. The smallest absolute Gasteiger partial charge is 0.144 e. The minimum absolute atomic E-state index is 0.0819. The third-order valence-corrected chi connectivity index (χ3v) is 5.54. The maximum Gasteiger partial charge on any atom is 0.219 e. The topological polar surface area (TPSA) is 0 Å². The van der Waals surface area contributed by atoms with E-state index in [-0.39, 0.29) is 10.8 Å². The molecule has 2 heteroatoms. The molecule has 2 aromatic rings. The molecule has 0 aliphatic carbocycles. The lowest BCUT2D eigenvalue weighted by atomic mass is 9.91. The van der Waals surface area contributed by atoms with Crippen LogP contribution in [-0.4, -0.2) is 0 Å². The van der Waals surface area contributed by atoms with Gasteiger partial charge in [-0.15, -0.1) is 11.3 Å². The molecule has 2 aromatic heterocycles. The van der Waals surface area contributed by atoms with Gasteiger partial charge in [-0.3, -0.25) is 0 Å². The molecule has 0 radical (unpaired) electrons. The van der Waals surface area contributed by atoms with Crippen molar-refractivity contribution < 1.29 is 2.74 Å². The van der Waals surface area contributed by atoms with E-state index >= 15 is 0 Å². The molecule has 0 saturated heterocycles. The first-order chi connectivity index (χ1) is 9.53. The first-order valence-electron chi connectivity index (χ1n) is 7.55. The maximum atomic E-state index is 8.62. The molecule has 0 fully saturated rings. The van der Waals surface area contributed by atoms with Gasteiger partial charge in [-0.25, -0.2) is 0 Å². The van der Waals surface area contributed by atoms with E-state index < -0.39 is 0 Å². The Morgan fingerprint density at radius 3 is 1.89 bits per heavy atom. The van der Waals surface area contributed by atoms with Crippen LogP contribution in [0, 0.1) is 0 Å². The van der Waals surface area contributed by atoms with Crippen LogP contribution in [-0.2, 0) is 10.8 Å². The molecular formula is C17H23S2+. The zero-order valence-corrected chi connectivity index (χ0v) is 14.2. The molecule has 0 nitrogen and oxygen atoms in total. The van der Waals surface area contributed by atoms with Crippen LogP contribution in [0.5, 0.6) is 0 Å². The highest BCUT2D eigenvalue weighted by molar-refractivity contribution is 7.14. The van der Waals surface area contributed by atoms with Crippen LogP contribution in [0.15, 0.2) is 29.6 Å². The molecule has 0 aliphatic heterocycles. The minimum Gasteiger partial charge on any atom is -0.144 e. The van der Waals surface area contributed by atoms with Gasteiger partial charge in [0.15, 0.2) is 0 Å². The molecule has 0 aromatic carbocycles. The molecule has 0 unspecified atom stereocenters. The number of rotatable bonds is 1. The lowest BCUT2D eigenvalue weighted by molar-refractivity contribution is 0.593. The Labute approximate surface area is 128 Å². The summed E-state index contributed by atoms with van der Waals surface area (Å²) in [6.07, 6.45) is 0. The van der Waals surface area contributed by atoms with Crippen LogP contribution in [0.1, 0.15) is 54.0 Å². The van der Waals surface area contributed by atoms with Gasteiger partial charge in [0.2, 0.25) is 21.1 Å². The predicted octanol–water partition coefficient (Wildman–Crippen LogP) is 6.35. The molecule has 0 amide bonds. The monoisotopic (exact) mass is 293 g/mol. The van der Waals surface area contributed by atoms with Gasteiger partial charge in [-0.05, 0) is 11.4 Å². The Bertz CT molecular complexity index is 607. The lowest BCUT2D eigenvalue weighted by Crippen LogP contribution is -2.14. The van der Waals surface area contributed by atoms with E-state index in [0.717, 1.165) is 20.2 Å². The summed E-state index contributed by atoms with van der Waals surface area (Å²) in [5.41, 5.74) is 0.627. The molecule has 2 heterocycles. The number of thiophene rings is 1. The molecular weight excluding hydrogens is 268 g/mol. The highest BCUT2D eigenvalue weighted by Gasteiger charge is 2.32. The fourth-order valence-corrected chi connectivity index (χ4v) is 3.44. The Morgan fingerprint density at radius 2 is 1.53 bits per heavy atom. The average molecular weight is 294 g/mol. The van der Waals surface area contributed by atoms with E-state index in [0.29, 0.717) is 12.1 Å². The van der Waals surface area contributed by atoms with Crippen LogP contribution in [0.4, 0.5) is 0 Å². The van der Waals surface area contributed by atoms with Crippen LogP contribution in [0.25, 0.3) is 10.4 Å². The van der Waals surface area contributed by atoms with Crippen molar-refractivity contribution in [1.82, 2.24) is 0 Å². The van der Waals surface area contributed by atoms with E-state index in [9.17, 15) is 0 Å². The summed E-state index contributed by atoms with van der Waals surface area (Å²) in [5.74, 6) is 0. The van der Waals surface area contributed by atoms with Crippen LogP contribution in [0.3, 0.4) is 0 Å². The van der Waals surface area contributed by atoms with E-state index in [4.69, 9.17) is 2.74 Å². The second-order valence-corrected chi connectivity index (χ2v) is 8.83. The molecule has 0 bridgehead atoms. The zero-order chi connectivity index (χ0) is 16.0. The Balaban J connectivity index is 2.87. The first-order valence-corrected chi connectivity index (χ1v) is 8.25. The van der Waals surface area contributed by atoms with E-state index in [1.165, 1.54) is 0 Å². The summed E-state index contributed by atoms with van der Waals surface area (Å²) >= 11 is 3.24. The average Bonchev–Trinajstić information content (AvgIpc) is 2.78. The van der Waals surface area contributed by atoms with Crippen molar-refractivity contribution in [3.8, 4) is 10.4 Å². The molecule has 102 valence electrons. The first kappa shape index (κ1) is 12.0. The van der Waals surface area contributed by atoms with Crippen molar-refractivity contribution in [3.63, 3.8) is 0 Å². The summed E-state index contributed by atoms with van der Waals surface area (Å²) in [5, 5.41) is 2.01. The fraction of sp³-hybridized carbons (Fsp3) is 0.471. The molecule has 0 aliphatic rings. The number of hydrogen-bond donors (Lipinski definition) is 0. The Kier molecular flexibility index (Phi) is 3.16. The third-order valence-electron chi connectivity index (χ3n) is 2.81. The number of hydrogen-bond acceptors (Lipinski definition) is 1. The lowest BCUT2D eigenvalue weighted by Gasteiger charge is -2.16. The third kappa shape index (κ3) is 3.43. The highest BCUT2D eigenvalue weighted by Crippen LogP contribution is 2.38. The van der Waals surface area contributed by atoms with Crippen LogP contribution < -0.4 is 0 Å². The molecule has 0 atom stereocenters.